The highest BCUT2D eigenvalue weighted by Crippen LogP contribution is 2.23. The van der Waals surface area contributed by atoms with Gasteiger partial charge in [0.15, 0.2) is 11.0 Å². The van der Waals surface area contributed by atoms with Crippen LogP contribution in [-0.2, 0) is 6.61 Å². The Morgan fingerprint density at radius 3 is 2.58 bits per heavy atom. The standard InChI is InChI=1S/C18H16N4OS/c1-14-7-5-6-10-16(14)23-13-17-20-21-18(24-12-11-19)22(17)15-8-3-2-4-9-15/h2-10H,12-13H2,1H3. The molecule has 1 aromatic heterocycles. The van der Waals surface area contributed by atoms with Crippen LogP contribution < -0.4 is 4.74 Å². The summed E-state index contributed by atoms with van der Waals surface area (Å²) in [5.74, 6) is 1.85. The van der Waals surface area contributed by atoms with Crippen molar-refractivity contribution in [1.82, 2.24) is 14.8 Å². The molecule has 0 amide bonds. The van der Waals surface area contributed by atoms with Crippen molar-refractivity contribution in [3.8, 4) is 17.5 Å². The largest absolute Gasteiger partial charge is 0.485 e. The first-order valence-electron chi connectivity index (χ1n) is 7.47. The van der Waals surface area contributed by atoms with E-state index in [1.807, 2.05) is 66.1 Å². The van der Waals surface area contributed by atoms with Gasteiger partial charge in [0, 0.05) is 5.69 Å². The van der Waals surface area contributed by atoms with E-state index in [9.17, 15) is 0 Å². The van der Waals surface area contributed by atoms with Crippen molar-refractivity contribution in [3.63, 3.8) is 0 Å². The average Bonchev–Trinajstić information content (AvgIpc) is 3.03. The van der Waals surface area contributed by atoms with Gasteiger partial charge in [-0.05, 0) is 30.7 Å². The highest BCUT2D eigenvalue weighted by molar-refractivity contribution is 7.99. The molecule has 0 bridgehead atoms. The zero-order chi connectivity index (χ0) is 16.8. The summed E-state index contributed by atoms with van der Waals surface area (Å²) in [4.78, 5) is 0. The third kappa shape index (κ3) is 3.58. The topological polar surface area (TPSA) is 63.7 Å². The molecule has 0 atom stereocenters. The minimum Gasteiger partial charge on any atom is -0.485 e. The lowest BCUT2D eigenvalue weighted by molar-refractivity contribution is 0.291. The molecule has 0 aliphatic rings. The summed E-state index contributed by atoms with van der Waals surface area (Å²) in [7, 11) is 0. The third-order valence-electron chi connectivity index (χ3n) is 3.43. The summed E-state index contributed by atoms with van der Waals surface area (Å²) in [6.07, 6.45) is 0. The maximum atomic E-state index is 8.83. The normalized spacial score (nSPS) is 10.3. The predicted molar refractivity (Wildman–Crippen MR) is 93.2 cm³/mol. The second-order valence-electron chi connectivity index (χ2n) is 5.07. The Balaban J connectivity index is 1.89. The molecule has 5 nitrogen and oxygen atoms in total. The predicted octanol–water partition coefficient (Wildman–Crippen LogP) is 3.77. The van der Waals surface area contributed by atoms with Crippen molar-refractivity contribution in [3.05, 3.63) is 66.0 Å². The lowest BCUT2D eigenvalue weighted by atomic mass is 10.2. The molecule has 3 rings (SSSR count). The summed E-state index contributed by atoms with van der Waals surface area (Å²) >= 11 is 1.36. The van der Waals surface area contributed by atoms with E-state index in [0.29, 0.717) is 23.3 Å². The first-order valence-corrected chi connectivity index (χ1v) is 8.46. The van der Waals surface area contributed by atoms with Gasteiger partial charge in [-0.1, -0.05) is 48.2 Å². The average molecular weight is 336 g/mol. The van der Waals surface area contributed by atoms with Crippen LogP contribution in [0.25, 0.3) is 5.69 Å². The molecular formula is C18H16N4OS. The van der Waals surface area contributed by atoms with Gasteiger partial charge in [-0.25, -0.2) is 0 Å². The molecule has 24 heavy (non-hydrogen) atoms. The van der Waals surface area contributed by atoms with Crippen molar-refractivity contribution >= 4 is 11.8 Å². The fourth-order valence-corrected chi connectivity index (χ4v) is 2.91. The van der Waals surface area contributed by atoms with Crippen molar-refractivity contribution in [2.75, 3.05) is 5.75 Å². The van der Waals surface area contributed by atoms with Crippen molar-refractivity contribution in [2.24, 2.45) is 0 Å². The Labute approximate surface area is 144 Å². The summed E-state index contributed by atoms with van der Waals surface area (Å²) in [5.41, 5.74) is 2.02. The number of aryl methyl sites for hydroxylation is 1. The van der Waals surface area contributed by atoms with Crippen LogP contribution in [0.3, 0.4) is 0 Å². The molecule has 0 saturated heterocycles. The number of aromatic nitrogens is 3. The van der Waals surface area contributed by atoms with Gasteiger partial charge in [0.2, 0.25) is 0 Å². The first kappa shape index (κ1) is 16.1. The SMILES string of the molecule is Cc1ccccc1OCc1nnc(SCC#N)n1-c1ccccc1. The van der Waals surface area contributed by atoms with Crippen molar-refractivity contribution in [1.29, 1.82) is 5.26 Å². The van der Waals surface area contributed by atoms with Gasteiger partial charge in [-0.3, -0.25) is 4.57 Å². The summed E-state index contributed by atoms with van der Waals surface area (Å²) < 4.78 is 7.84. The molecule has 6 heteroatoms. The van der Waals surface area contributed by atoms with Crippen LogP contribution in [0.5, 0.6) is 5.75 Å². The van der Waals surface area contributed by atoms with Crippen LogP contribution in [0, 0.1) is 18.3 Å². The number of benzene rings is 2. The molecule has 0 N–H and O–H groups in total. The van der Waals surface area contributed by atoms with Gasteiger partial charge < -0.3 is 4.74 Å². The van der Waals surface area contributed by atoms with Gasteiger partial charge in [-0.15, -0.1) is 10.2 Å². The number of nitriles is 1. The Kier molecular flexibility index (Phi) is 5.14. The van der Waals surface area contributed by atoms with Crippen LogP contribution in [0.2, 0.25) is 0 Å². The van der Waals surface area contributed by atoms with Gasteiger partial charge >= 0.3 is 0 Å². The lowest BCUT2D eigenvalue weighted by Gasteiger charge is -2.11. The molecule has 0 aliphatic heterocycles. The van der Waals surface area contributed by atoms with Crippen LogP contribution in [0.15, 0.2) is 59.8 Å². The molecule has 2 aromatic carbocycles. The lowest BCUT2D eigenvalue weighted by Crippen LogP contribution is -2.07. The smallest absolute Gasteiger partial charge is 0.196 e. The Morgan fingerprint density at radius 2 is 1.83 bits per heavy atom. The molecule has 0 fully saturated rings. The number of para-hydroxylation sites is 2. The Hall–Kier alpha value is -2.78. The maximum absolute atomic E-state index is 8.83. The van der Waals surface area contributed by atoms with Crippen molar-refractivity contribution < 1.29 is 4.74 Å². The minimum absolute atomic E-state index is 0.305. The molecule has 3 aromatic rings. The number of rotatable bonds is 6. The van der Waals surface area contributed by atoms with Crippen LogP contribution >= 0.6 is 11.8 Å². The monoisotopic (exact) mass is 336 g/mol. The molecule has 0 unspecified atom stereocenters. The molecule has 1 heterocycles. The molecule has 120 valence electrons. The van der Waals surface area contributed by atoms with Gasteiger partial charge in [0.05, 0.1) is 11.8 Å². The second-order valence-corrected chi connectivity index (χ2v) is 6.01. The van der Waals surface area contributed by atoms with E-state index in [2.05, 4.69) is 16.3 Å². The highest BCUT2D eigenvalue weighted by Gasteiger charge is 2.15. The van der Waals surface area contributed by atoms with Gasteiger partial charge in [0.25, 0.3) is 0 Å². The molecule has 0 spiro atoms. The number of thioether (sulfide) groups is 1. The van der Waals surface area contributed by atoms with Crippen LogP contribution in [0.1, 0.15) is 11.4 Å². The summed E-state index contributed by atoms with van der Waals surface area (Å²) in [6, 6.07) is 19.8. The van der Waals surface area contributed by atoms with E-state index in [1.54, 1.807) is 0 Å². The van der Waals surface area contributed by atoms with E-state index < -0.39 is 0 Å². The molecule has 0 aliphatic carbocycles. The van der Waals surface area contributed by atoms with Gasteiger partial charge in [-0.2, -0.15) is 5.26 Å². The van der Waals surface area contributed by atoms with Crippen molar-refractivity contribution in [2.45, 2.75) is 18.7 Å². The molecule has 0 radical (unpaired) electrons. The summed E-state index contributed by atoms with van der Waals surface area (Å²) in [5, 5.41) is 18.0. The molecule has 0 saturated carbocycles. The molecular weight excluding hydrogens is 320 g/mol. The zero-order valence-corrected chi connectivity index (χ0v) is 14.0. The first-order chi connectivity index (χ1) is 11.8. The highest BCUT2D eigenvalue weighted by atomic mass is 32.2. The van der Waals surface area contributed by atoms with E-state index >= 15 is 0 Å². The maximum Gasteiger partial charge on any atom is 0.196 e. The van der Waals surface area contributed by atoms with Crippen LogP contribution in [0.4, 0.5) is 0 Å². The van der Waals surface area contributed by atoms with E-state index in [4.69, 9.17) is 10.00 Å². The minimum atomic E-state index is 0.305. The number of hydrogen-bond acceptors (Lipinski definition) is 5. The Morgan fingerprint density at radius 1 is 1.08 bits per heavy atom. The fourth-order valence-electron chi connectivity index (χ4n) is 2.28. The zero-order valence-electron chi connectivity index (χ0n) is 13.2. The second kappa shape index (κ2) is 7.66. The van der Waals surface area contributed by atoms with Gasteiger partial charge in [0.1, 0.15) is 12.4 Å². The quantitative estimate of drug-likeness (QED) is 0.641. The summed E-state index contributed by atoms with van der Waals surface area (Å²) in [6.45, 7) is 2.31. The van der Waals surface area contributed by atoms with E-state index in [0.717, 1.165) is 17.0 Å². The number of hydrogen-bond donors (Lipinski definition) is 0. The Bertz CT molecular complexity index is 855. The number of ether oxygens (including phenoxy) is 1. The third-order valence-corrected chi connectivity index (χ3v) is 4.23. The van der Waals surface area contributed by atoms with Crippen LogP contribution in [-0.4, -0.2) is 20.5 Å². The number of nitrogens with zero attached hydrogens (tertiary/aromatic N) is 4. The van der Waals surface area contributed by atoms with E-state index in [-0.39, 0.29) is 0 Å². The fraction of sp³-hybridized carbons (Fsp3) is 0.167. The van der Waals surface area contributed by atoms with E-state index in [1.165, 1.54) is 11.8 Å².